The smallest absolute Gasteiger partial charge is 0.243 e. The van der Waals surface area contributed by atoms with Gasteiger partial charge in [0.15, 0.2) is 5.78 Å². The number of pyridine rings is 1. The third-order valence-electron chi connectivity index (χ3n) is 7.25. The molecule has 10 heteroatoms. The van der Waals surface area contributed by atoms with Crippen LogP contribution in [0.4, 0.5) is 10.1 Å². The van der Waals surface area contributed by atoms with E-state index in [0.29, 0.717) is 56.6 Å². The minimum Gasteiger partial charge on any atom is -0.367 e. The summed E-state index contributed by atoms with van der Waals surface area (Å²) < 4.78 is 41.5. The van der Waals surface area contributed by atoms with Gasteiger partial charge in [-0.2, -0.15) is 4.31 Å². The number of Topliss-reactive ketones (excluding diaryl/α,β-unsaturated/α-hetero) is 1. The summed E-state index contributed by atoms with van der Waals surface area (Å²) in [6.45, 7) is 4.25. The molecule has 1 aromatic heterocycles. The molecule has 0 saturated carbocycles. The first kappa shape index (κ1) is 25.3. The van der Waals surface area contributed by atoms with Gasteiger partial charge >= 0.3 is 0 Å². The first-order valence-corrected chi connectivity index (χ1v) is 13.9. The molecule has 0 N–H and O–H groups in total. The summed E-state index contributed by atoms with van der Waals surface area (Å²) in [5.74, 6) is -0.868. The molecule has 2 aromatic carbocycles. The molecule has 1 amide bonds. The number of aromatic nitrogens is 1. The lowest BCUT2D eigenvalue weighted by molar-refractivity contribution is -0.137. The molecule has 194 valence electrons. The maximum Gasteiger partial charge on any atom is 0.243 e. The Bertz CT molecular complexity index is 1440. The van der Waals surface area contributed by atoms with Crippen molar-refractivity contribution in [2.45, 2.75) is 24.7 Å². The zero-order valence-corrected chi connectivity index (χ0v) is 21.5. The van der Waals surface area contributed by atoms with E-state index in [-0.39, 0.29) is 28.9 Å². The molecule has 2 aliphatic heterocycles. The highest BCUT2D eigenvalue weighted by Crippen LogP contribution is 2.29. The van der Waals surface area contributed by atoms with Crippen LogP contribution in [-0.2, 0) is 14.8 Å². The molecule has 0 spiro atoms. The number of ketones is 1. The van der Waals surface area contributed by atoms with Crippen molar-refractivity contribution in [2.24, 2.45) is 5.92 Å². The van der Waals surface area contributed by atoms with Crippen LogP contribution in [0.1, 0.15) is 30.1 Å². The highest BCUT2D eigenvalue weighted by atomic mass is 32.2. The Morgan fingerprint density at radius 1 is 0.973 bits per heavy atom. The van der Waals surface area contributed by atoms with Gasteiger partial charge in [-0.05, 0) is 50.1 Å². The molecule has 37 heavy (non-hydrogen) atoms. The first-order chi connectivity index (χ1) is 17.7. The molecular formula is C27H29FN4O4S. The quantitative estimate of drug-likeness (QED) is 0.476. The van der Waals surface area contributed by atoms with Gasteiger partial charge < -0.3 is 9.80 Å². The number of carbonyl (C=O) groups excluding carboxylic acids is 2. The van der Waals surface area contributed by atoms with Crippen molar-refractivity contribution in [3.05, 3.63) is 66.1 Å². The third-order valence-corrected chi connectivity index (χ3v) is 9.13. The molecule has 1 unspecified atom stereocenters. The third kappa shape index (κ3) is 5.08. The van der Waals surface area contributed by atoms with Gasteiger partial charge in [-0.3, -0.25) is 14.6 Å². The molecule has 8 nitrogen and oxygen atoms in total. The van der Waals surface area contributed by atoms with E-state index < -0.39 is 15.9 Å². The Hall–Kier alpha value is -3.37. The van der Waals surface area contributed by atoms with Crippen LogP contribution in [0.3, 0.4) is 0 Å². The monoisotopic (exact) mass is 524 g/mol. The number of piperidine rings is 1. The van der Waals surface area contributed by atoms with E-state index in [0.717, 1.165) is 11.1 Å². The fourth-order valence-corrected chi connectivity index (χ4v) is 6.70. The van der Waals surface area contributed by atoms with Crippen molar-refractivity contribution in [1.29, 1.82) is 0 Å². The second-order valence-corrected chi connectivity index (χ2v) is 11.5. The van der Waals surface area contributed by atoms with Gasteiger partial charge in [0, 0.05) is 68.2 Å². The van der Waals surface area contributed by atoms with Crippen molar-refractivity contribution in [2.75, 3.05) is 44.2 Å². The van der Waals surface area contributed by atoms with Gasteiger partial charge in [0.2, 0.25) is 15.9 Å². The minimum atomic E-state index is -3.76. The molecule has 1 atom stereocenters. The number of amides is 1. The molecular weight excluding hydrogens is 495 g/mol. The van der Waals surface area contributed by atoms with Crippen molar-refractivity contribution >= 4 is 38.3 Å². The minimum absolute atomic E-state index is 0.0202. The fraction of sp³-hybridized carbons (Fsp3) is 0.370. The molecule has 0 radical (unpaired) electrons. The lowest BCUT2D eigenvalue weighted by atomic mass is 9.97. The maximum absolute atomic E-state index is 13.6. The zero-order valence-electron chi connectivity index (χ0n) is 20.6. The SMILES string of the molecule is CC(=O)c1ccc(S(=O)(=O)N2CCCC(C(=O)N3CCN(c4ccnc5cc(F)ccc45)CC3)C2)cc1. The predicted octanol–water partition coefficient (Wildman–Crippen LogP) is 3.33. The highest BCUT2D eigenvalue weighted by molar-refractivity contribution is 7.89. The molecule has 0 aliphatic carbocycles. The molecule has 2 saturated heterocycles. The van der Waals surface area contributed by atoms with Crippen LogP contribution >= 0.6 is 0 Å². The van der Waals surface area contributed by atoms with Gasteiger partial charge in [-0.25, -0.2) is 12.8 Å². The summed E-state index contributed by atoms with van der Waals surface area (Å²) in [5.41, 5.74) is 2.01. The van der Waals surface area contributed by atoms with Crippen LogP contribution in [0.15, 0.2) is 59.6 Å². The molecule has 3 aromatic rings. The number of hydrogen-bond acceptors (Lipinski definition) is 6. The Morgan fingerprint density at radius 2 is 1.70 bits per heavy atom. The van der Waals surface area contributed by atoms with E-state index in [2.05, 4.69) is 9.88 Å². The number of anilines is 1. The number of rotatable bonds is 5. The standard InChI is InChI=1S/C27H29FN4O4S/c1-19(33)20-4-7-23(8-5-20)37(35,36)32-12-2-3-21(18-32)27(34)31-15-13-30(14-16-31)26-10-11-29-25-17-22(28)6-9-24(25)26/h4-11,17,21H,2-3,12-16,18H2,1H3. The van der Waals surface area contributed by atoms with Crippen molar-refractivity contribution in [1.82, 2.24) is 14.2 Å². The van der Waals surface area contributed by atoms with Gasteiger partial charge in [-0.15, -0.1) is 0 Å². The average molecular weight is 525 g/mol. The lowest BCUT2D eigenvalue weighted by Gasteiger charge is -2.39. The number of hydrogen-bond donors (Lipinski definition) is 0. The summed E-state index contributed by atoms with van der Waals surface area (Å²) in [6, 6.07) is 12.4. The van der Waals surface area contributed by atoms with Crippen LogP contribution in [-0.4, -0.2) is 73.6 Å². The van der Waals surface area contributed by atoms with Crippen LogP contribution < -0.4 is 4.90 Å². The molecule has 2 aliphatic rings. The number of sulfonamides is 1. The van der Waals surface area contributed by atoms with Crippen molar-refractivity contribution in [3.8, 4) is 0 Å². The zero-order chi connectivity index (χ0) is 26.2. The van der Waals surface area contributed by atoms with E-state index in [1.807, 2.05) is 11.0 Å². The van der Waals surface area contributed by atoms with Crippen molar-refractivity contribution < 1.29 is 22.4 Å². The summed E-state index contributed by atoms with van der Waals surface area (Å²) in [6.07, 6.45) is 2.93. The van der Waals surface area contributed by atoms with Gasteiger partial charge in [0.25, 0.3) is 0 Å². The van der Waals surface area contributed by atoms with Crippen LogP contribution in [0.5, 0.6) is 0 Å². The first-order valence-electron chi connectivity index (χ1n) is 12.4. The maximum atomic E-state index is 13.6. The van der Waals surface area contributed by atoms with E-state index in [9.17, 15) is 22.4 Å². The topological polar surface area (TPSA) is 90.9 Å². The molecule has 2 fully saturated rings. The normalized spacial score (nSPS) is 19.2. The average Bonchev–Trinajstić information content (AvgIpc) is 2.92. The van der Waals surface area contributed by atoms with Gasteiger partial charge in [-0.1, -0.05) is 12.1 Å². The summed E-state index contributed by atoms with van der Waals surface area (Å²) >= 11 is 0. The Balaban J connectivity index is 1.24. The predicted molar refractivity (Wildman–Crippen MR) is 138 cm³/mol. The number of nitrogens with zero attached hydrogens (tertiary/aromatic N) is 4. The molecule has 0 bridgehead atoms. The van der Waals surface area contributed by atoms with Crippen LogP contribution in [0.25, 0.3) is 10.9 Å². The second kappa shape index (κ2) is 10.2. The van der Waals surface area contributed by atoms with Crippen molar-refractivity contribution in [3.63, 3.8) is 0 Å². The number of halogens is 1. The van der Waals surface area contributed by atoms with E-state index >= 15 is 0 Å². The van der Waals surface area contributed by atoms with E-state index in [1.165, 1.54) is 47.6 Å². The van der Waals surface area contributed by atoms with Gasteiger partial charge in [0.1, 0.15) is 5.82 Å². The summed E-state index contributed by atoms with van der Waals surface area (Å²) in [7, 11) is -3.76. The second-order valence-electron chi connectivity index (χ2n) is 9.59. The van der Waals surface area contributed by atoms with Gasteiger partial charge in [0.05, 0.1) is 16.3 Å². The van der Waals surface area contributed by atoms with E-state index in [4.69, 9.17) is 0 Å². The van der Waals surface area contributed by atoms with Crippen LogP contribution in [0, 0.1) is 11.7 Å². The number of fused-ring (bicyclic) bond motifs is 1. The Kier molecular flexibility index (Phi) is 6.96. The molecule has 3 heterocycles. The number of carbonyl (C=O) groups is 2. The molecule has 5 rings (SSSR count). The summed E-state index contributed by atoms with van der Waals surface area (Å²) in [4.78, 5) is 33.3. The number of benzene rings is 2. The van der Waals surface area contributed by atoms with E-state index in [1.54, 1.807) is 12.3 Å². The fourth-order valence-electron chi connectivity index (χ4n) is 5.18. The Morgan fingerprint density at radius 3 is 2.41 bits per heavy atom. The number of piperazine rings is 1. The summed E-state index contributed by atoms with van der Waals surface area (Å²) in [5, 5.41) is 0.869. The van der Waals surface area contributed by atoms with Crippen LogP contribution in [0.2, 0.25) is 0 Å². The lowest BCUT2D eigenvalue weighted by Crippen LogP contribution is -2.53. The Labute approximate surface area is 215 Å². The largest absolute Gasteiger partial charge is 0.367 e. The highest BCUT2D eigenvalue weighted by Gasteiger charge is 2.36.